The number of allylic oxidation sites excluding steroid dienone is 1. The predicted octanol–water partition coefficient (Wildman–Crippen LogP) is 4.51. The highest BCUT2D eigenvalue weighted by molar-refractivity contribution is 5.07. The first kappa shape index (κ1) is 17.5. The lowest BCUT2D eigenvalue weighted by molar-refractivity contribution is -0.0155. The first-order chi connectivity index (χ1) is 8.37. The van der Waals surface area contributed by atoms with Gasteiger partial charge in [0.15, 0.2) is 0 Å². The van der Waals surface area contributed by atoms with Crippen molar-refractivity contribution in [2.45, 2.75) is 72.8 Å². The van der Waals surface area contributed by atoms with Crippen molar-refractivity contribution in [3.63, 3.8) is 0 Å². The van der Waals surface area contributed by atoms with E-state index in [-0.39, 0.29) is 11.0 Å². The summed E-state index contributed by atoms with van der Waals surface area (Å²) in [6, 6.07) is 0. The third-order valence-corrected chi connectivity index (χ3v) is 4.27. The Bertz CT molecular complexity index is 233. The van der Waals surface area contributed by atoms with Crippen LogP contribution in [0.1, 0.15) is 67.2 Å². The van der Waals surface area contributed by atoms with Crippen LogP contribution in [-0.2, 0) is 4.74 Å². The van der Waals surface area contributed by atoms with Crippen molar-refractivity contribution in [2.75, 3.05) is 13.2 Å². The second kappa shape index (κ2) is 7.83. The van der Waals surface area contributed by atoms with Crippen molar-refractivity contribution in [3.8, 4) is 0 Å². The standard InChI is InChI=1S/C16H33NO/c1-8-16(9-2,10-3)14(5)17-13-12-15(6,7)18-11-4/h17H,5,8-13H2,1-4,6-7H3. The summed E-state index contributed by atoms with van der Waals surface area (Å²) in [4.78, 5) is 0. The molecule has 0 unspecified atom stereocenters. The van der Waals surface area contributed by atoms with E-state index in [2.05, 4.69) is 46.5 Å². The molecule has 2 nitrogen and oxygen atoms in total. The molecule has 0 aromatic heterocycles. The van der Waals surface area contributed by atoms with Crippen LogP contribution < -0.4 is 5.32 Å². The minimum Gasteiger partial charge on any atom is -0.388 e. The van der Waals surface area contributed by atoms with Crippen LogP contribution in [0.2, 0.25) is 0 Å². The molecule has 0 spiro atoms. The Labute approximate surface area is 114 Å². The maximum absolute atomic E-state index is 5.71. The monoisotopic (exact) mass is 255 g/mol. The number of hydrogen-bond acceptors (Lipinski definition) is 2. The topological polar surface area (TPSA) is 21.3 Å². The molecule has 0 fully saturated rings. The van der Waals surface area contributed by atoms with Crippen LogP contribution in [0.25, 0.3) is 0 Å². The molecule has 0 bridgehead atoms. The molecule has 0 aliphatic carbocycles. The largest absolute Gasteiger partial charge is 0.388 e. The molecule has 0 heterocycles. The number of nitrogens with one attached hydrogen (secondary N) is 1. The van der Waals surface area contributed by atoms with Gasteiger partial charge in [0.05, 0.1) is 5.60 Å². The van der Waals surface area contributed by atoms with Gasteiger partial charge in [-0.25, -0.2) is 0 Å². The smallest absolute Gasteiger partial charge is 0.0643 e. The summed E-state index contributed by atoms with van der Waals surface area (Å²) in [7, 11) is 0. The van der Waals surface area contributed by atoms with Crippen molar-refractivity contribution in [1.82, 2.24) is 5.32 Å². The second-order valence-corrected chi connectivity index (χ2v) is 5.69. The zero-order chi connectivity index (χ0) is 14.2. The fraction of sp³-hybridized carbons (Fsp3) is 0.875. The van der Waals surface area contributed by atoms with Crippen molar-refractivity contribution in [3.05, 3.63) is 12.3 Å². The Kier molecular flexibility index (Phi) is 7.61. The molecule has 2 heteroatoms. The second-order valence-electron chi connectivity index (χ2n) is 5.69. The van der Waals surface area contributed by atoms with E-state index in [9.17, 15) is 0 Å². The molecule has 0 rings (SSSR count). The zero-order valence-corrected chi connectivity index (χ0v) is 13.4. The van der Waals surface area contributed by atoms with E-state index in [1.54, 1.807) is 0 Å². The van der Waals surface area contributed by atoms with Crippen LogP contribution in [0.4, 0.5) is 0 Å². The summed E-state index contributed by atoms with van der Waals surface area (Å²) in [6.07, 6.45) is 4.47. The minimum atomic E-state index is -0.0463. The summed E-state index contributed by atoms with van der Waals surface area (Å²) in [6.45, 7) is 19.1. The van der Waals surface area contributed by atoms with Crippen molar-refractivity contribution in [1.29, 1.82) is 0 Å². The maximum atomic E-state index is 5.71. The van der Waals surface area contributed by atoms with Crippen LogP contribution in [0, 0.1) is 5.41 Å². The van der Waals surface area contributed by atoms with Gasteiger partial charge in [-0.3, -0.25) is 0 Å². The van der Waals surface area contributed by atoms with Gasteiger partial charge >= 0.3 is 0 Å². The lowest BCUT2D eigenvalue weighted by Gasteiger charge is -2.34. The summed E-state index contributed by atoms with van der Waals surface area (Å²) < 4.78 is 5.71. The molecule has 0 aliphatic heterocycles. The van der Waals surface area contributed by atoms with Crippen molar-refractivity contribution in [2.24, 2.45) is 5.41 Å². The van der Waals surface area contributed by atoms with Crippen molar-refractivity contribution < 1.29 is 4.74 Å². The van der Waals surface area contributed by atoms with E-state index in [0.29, 0.717) is 0 Å². The van der Waals surface area contributed by atoms with Gasteiger partial charge in [-0.05, 0) is 46.5 Å². The summed E-state index contributed by atoms with van der Waals surface area (Å²) in [5, 5.41) is 3.52. The van der Waals surface area contributed by atoms with E-state index >= 15 is 0 Å². The molecule has 0 radical (unpaired) electrons. The third kappa shape index (κ3) is 5.01. The zero-order valence-electron chi connectivity index (χ0n) is 13.4. The Hall–Kier alpha value is -0.500. The van der Waals surface area contributed by atoms with Gasteiger partial charge in [0.25, 0.3) is 0 Å². The van der Waals surface area contributed by atoms with E-state index in [1.165, 1.54) is 5.70 Å². The van der Waals surface area contributed by atoms with E-state index in [4.69, 9.17) is 4.74 Å². The Morgan fingerprint density at radius 2 is 1.56 bits per heavy atom. The average molecular weight is 255 g/mol. The lowest BCUT2D eigenvalue weighted by atomic mass is 9.77. The summed E-state index contributed by atoms with van der Waals surface area (Å²) in [5.41, 5.74) is 1.41. The fourth-order valence-corrected chi connectivity index (χ4v) is 2.55. The van der Waals surface area contributed by atoms with E-state index < -0.39 is 0 Å². The number of rotatable bonds is 10. The highest BCUT2D eigenvalue weighted by atomic mass is 16.5. The molecule has 18 heavy (non-hydrogen) atoms. The van der Waals surface area contributed by atoms with Gasteiger partial charge in [-0.1, -0.05) is 27.4 Å². The van der Waals surface area contributed by atoms with E-state index in [1.807, 2.05) is 6.92 Å². The first-order valence-electron chi connectivity index (χ1n) is 7.44. The predicted molar refractivity (Wildman–Crippen MR) is 80.8 cm³/mol. The molecular formula is C16H33NO. The number of hydrogen-bond donors (Lipinski definition) is 1. The highest BCUT2D eigenvalue weighted by Gasteiger charge is 2.27. The number of ether oxygens (including phenoxy) is 1. The van der Waals surface area contributed by atoms with Gasteiger partial charge in [-0.15, -0.1) is 0 Å². The van der Waals surface area contributed by atoms with Gasteiger partial charge < -0.3 is 10.1 Å². The quantitative estimate of drug-likeness (QED) is 0.620. The SMILES string of the molecule is C=C(NCCC(C)(C)OCC)C(CC)(CC)CC. The van der Waals surface area contributed by atoms with Gasteiger partial charge in [0.1, 0.15) is 0 Å². The van der Waals surface area contributed by atoms with Crippen LogP contribution in [-0.4, -0.2) is 18.8 Å². The highest BCUT2D eigenvalue weighted by Crippen LogP contribution is 2.36. The molecule has 0 saturated carbocycles. The molecular weight excluding hydrogens is 222 g/mol. The van der Waals surface area contributed by atoms with Crippen LogP contribution in [0.3, 0.4) is 0 Å². The summed E-state index contributed by atoms with van der Waals surface area (Å²) in [5.74, 6) is 0. The summed E-state index contributed by atoms with van der Waals surface area (Å²) >= 11 is 0. The molecule has 108 valence electrons. The van der Waals surface area contributed by atoms with Crippen LogP contribution in [0.5, 0.6) is 0 Å². The third-order valence-electron chi connectivity index (χ3n) is 4.27. The maximum Gasteiger partial charge on any atom is 0.0643 e. The Morgan fingerprint density at radius 3 is 1.94 bits per heavy atom. The molecule has 0 amide bonds. The minimum absolute atomic E-state index is 0.0463. The Balaban J connectivity index is 4.25. The van der Waals surface area contributed by atoms with Crippen LogP contribution in [0.15, 0.2) is 12.3 Å². The first-order valence-corrected chi connectivity index (χ1v) is 7.44. The normalized spacial score (nSPS) is 12.6. The molecule has 0 aromatic carbocycles. The van der Waals surface area contributed by atoms with Gasteiger partial charge in [-0.2, -0.15) is 0 Å². The molecule has 0 atom stereocenters. The fourth-order valence-electron chi connectivity index (χ4n) is 2.55. The van der Waals surface area contributed by atoms with Crippen molar-refractivity contribution >= 4 is 0 Å². The molecule has 0 saturated heterocycles. The molecule has 1 N–H and O–H groups in total. The molecule has 0 aliphatic rings. The average Bonchev–Trinajstić information content (AvgIpc) is 2.31. The Morgan fingerprint density at radius 1 is 1.06 bits per heavy atom. The van der Waals surface area contributed by atoms with Gasteiger partial charge in [0, 0.05) is 24.3 Å². The van der Waals surface area contributed by atoms with Crippen LogP contribution >= 0.6 is 0 Å². The van der Waals surface area contributed by atoms with E-state index in [0.717, 1.165) is 38.8 Å². The van der Waals surface area contributed by atoms with Gasteiger partial charge in [0.2, 0.25) is 0 Å². The molecule has 0 aromatic rings. The lowest BCUT2D eigenvalue weighted by Crippen LogP contribution is -2.34.